The maximum Gasteiger partial charge on any atom is 0.146 e. The molecular formula is C17H27FN2O. The van der Waals surface area contributed by atoms with Crippen LogP contribution < -0.4 is 10.2 Å². The third-order valence-electron chi connectivity index (χ3n) is 3.88. The minimum Gasteiger partial charge on any atom is -0.382 e. The van der Waals surface area contributed by atoms with Crippen molar-refractivity contribution in [2.24, 2.45) is 0 Å². The summed E-state index contributed by atoms with van der Waals surface area (Å²) in [5.74, 6) is -0.100. The minimum absolute atomic E-state index is 0.100. The van der Waals surface area contributed by atoms with E-state index < -0.39 is 0 Å². The molecule has 1 heterocycles. The highest BCUT2D eigenvalue weighted by atomic mass is 19.1. The summed E-state index contributed by atoms with van der Waals surface area (Å²) < 4.78 is 19.3. The van der Waals surface area contributed by atoms with Gasteiger partial charge in [0.2, 0.25) is 0 Å². The molecule has 0 aromatic heterocycles. The Labute approximate surface area is 127 Å². The molecule has 1 aliphatic rings. The Morgan fingerprint density at radius 2 is 2.05 bits per heavy atom. The SMILES string of the molecule is CCOCCCNCc1ccc(F)c(N2CCCCC2)c1. The lowest BCUT2D eigenvalue weighted by Crippen LogP contribution is -2.30. The van der Waals surface area contributed by atoms with Crippen molar-refractivity contribution in [2.75, 3.05) is 37.7 Å². The molecule has 3 nitrogen and oxygen atoms in total. The number of ether oxygens (including phenoxy) is 1. The van der Waals surface area contributed by atoms with Crippen molar-refractivity contribution in [1.29, 1.82) is 0 Å². The molecule has 118 valence electrons. The zero-order chi connectivity index (χ0) is 14.9. The molecule has 0 atom stereocenters. The van der Waals surface area contributed by atoms with Gasteiger partial charge in [-0.15, -0.1) is 0 Å². The fourth-order valence-electron chi connectivity index (χ4n) is 2.72. The van der Waals surface area contributed by atoms with Gasteiger partial charge < -0.3 is 15.0 Å². The van der Waals surface area contributed by atoms with Crippen LogP contribution >= 0.6 is 0 Å². The Hall–Kier alpha value is -1.13. The van der Waals surface area contributed by atoms with Crippen LogP contribution in [0.15, 0.2) is 18.2 Å². The molecule has 1 saturated heterocycles. The maximum absolute atomic E-state index is 14.0. The number of rotatable bonds is 8. The molecule has 1 aromatic carbocycles. The van der Waals surface area contributed by atoms with Crippen molar-refractivity contribution < 1.29 is 9.13 Å². The molecule has 0 aliphatic carbocycles. The standard InChI is InChI=1S/C17H27FN2O/c1-2-21-12-6-9-19-14-15-7-8-16(18)17(13-15)20-10-4-3-5-11-20/h7-8,13,19H,2-6,9-12,14H2,1H3. The highest BCUT2D eigenvalue weighted by Gasteiger charge is 2.15. The predicted molar refractivity (Wildman–Crippen MR) is 85.3 cm³/mol. The first-order valence-electron chi connectivity index (χ1n) is 8.13. The highest BCUT2D eigenvalue weighted by molar-refractivity contribution is 5.50. The van der Waals surface area contributed by atoms with Crippen LogP contribution in [0.1, 0.15) is 38.2 Å². The summed E-state index contributed by atoms with van der Waals surface area (Å²) in [6.45, 7) is 7.24. The lowest BCUT2D eigenvalue weighted by atomic mass is 10.1. The lowest BCUT2D eigenvalue weighted by Gasteiger charge is -2.29. The van der Waals surface area contributed by atoms with Crippen LogP contribution in [0.25, 0.3) is 0 Å². The summed E-state index contributed by atoms with van der Waals surface area (Å²) in [5.41, 5.74) is 1.91. The molecular weight excluding hydrogens is 267 g/mol. The van der Waals surface area contributed by atoms with Gasteiger partial charge in [-0.3, -0.25) is 0 Å². The van der Waals surface area contributed by atoms with Gasteiger partial charge in [-0.2, -0.15) is 0 Å². The Balaban J connectivity index is 1.83. The largest absolute Gasteiger partial charge is 0.382 e. The first kappa shape index (κ1) is 16.2. The molecule has 0 radical (unpaired) electrons. The van der Waals surface area contributed by atoms with Crippen molar-refractivity contribution in [3.05, 3.63) is 29.6 Å². The van der Waals surface area contributed by atoms with E-state index in [1.807, 2.05) is 19.1 Å². The molecule has 1 N–H and O–H groups in total. The van der Waals surface area contributed by atoms with Gasteiger partial charge in [0.15, 0.2) is 0 Å². The van der Waals surface area contributed by atoms with E-state index in [-0.39, 0.29) is 5.82 Å². The van der Waals surface area contributed by atoms with Gasteiger partial charge in [-0.25, -0.2) is 4.39 Å². The van der Waals surface area contributed by atoms with E-state index in [0.717, 1.165) is 57.1 Å². The average Bonchev–Trinajstić information content (AvgIpc) is 2.53. The summed E-state index contributed by atoms with van der Waals surface area (Å²) >= 11 is 0. The number of anilines is 1. The van der Waals surface area contributed by atoms with Crippen LogP contribution in [-0.2, 0) is 11.3 Å². The number of hydrogen-bond acceptors (Lipinski definition) is 3. The number of benzene rings is 1. The topological polar surface area (TPSA) is 24.5 Å². The quantitative estimate of drug-likeness (QED) is 0.744. The Bertz CT molecular complexity index is 419. The Kier molecular flexibility index (Phi) is 6.96. The zero-order valence-corrected chi connectivity index (χ0v) is 13.0. The monoisotopic (exact) mass is 294 g/mol. The molecule has 0 amide bonds. The van der Waals surface area contributed by atoms with Crippen LogP contribution in [0.2, 0.25) is 0 Å². The smallest absolute Gasteiger partial charge is 0.146 e. The van der Waals surface area contributed by atoms with Gasteiger partial charge in [-0.05, 0) is 56.8 Å². The Morgan fingerprint density at radius 3 is 2.81 bits per heavy atom. The normalized spacial score (nSPS) is 15.4. The second-order valence-electron chi connectivity index (χ2n) is 5.56. The second-order valence-corrected chi connectivity index (χ2v) is 5.56. The van der Waals surface area contributed by atoms with Crippen molar-refractivity contribution >= 4 is 5.69 Å². The number of piperidine rings is 1. The summed E-state index contributed by atoms with van der Waals surface area (Å²) in [5, 5.41) is 3.39. The number of nitrogens with one attached hydrogen (secondary N) is 1. The molecule has 1 aliphatic heterocycles. The van der Waals surface area contributed by atoms with Crippen molar-refractivity contribution in [2.45, 2.75) is 39.2 Å². The molecule has 2 rings (SSSR count). The van der Waals surface area contributed by atoms with E-state index >= 15 is 0 Å². The van der Waals surface area contributed by atoms with E-state index in [1.54, 1.807) is 6.07 Å². The van der Waals surface area contributed by atoms with Crippen LogP contribution in [0.3, 0.4) is 0 Å². The van der Waals surface area contributed by atoms with Gasteiger partial charge in [0, 0.05) is 32.8 Å². The predicted octanol–water partition coefficient (Wildman–Crippen LogP) is 3.33. The van der Waals surface area contributed by atoms with Gasteiger partial charge in [0.25, 0.3) is 0 Å². The van der Waals surface area contributed by atoms with Gasteiger partial charge in [-0.1, -0.05) is 6.07 Å². The fraction of sp³-hybridized carbons (Fsp3) is 0.647. The molecule has 0 spiro atoms. The molecule has 21 heavy (non-hydrogen) atoms. The lowest BCUT2D eigenvalue weighted by molar-refractivity contribution is 0.144. The van der Waals surface area contributed by atoms with Crippen LogP contribution in [0, 0.1) is 5.82 Å². The first-order chi connectivity index (χ1) is 10.3. The van der Waals surface area contributed by atoms with E-state index in [0.29, 0.717) is 0 Å². The fourth-order valence-corrected chi connectivity index (χ4v) is 2.72. The summed E-state index contributed by atoms with van der Waals surface area (Å²) in [4.78, 5) is 2.18. The Morgan fingerprint density at radius 1 is 1.24 bits per heavy atom. The minimum atomic E-state index is -0.100. The van der Waals surface area contributed by atoms with E-state index in [1.165, 1.54) is 19.3 Å². The molecule has 4 heteroatoms. The molecule has 0 saturated carbocycles. The average molecular weight is 294 g/mol. The van der Waals surface area contributed by atoms with Gasteiger partial charge in [0.1, 0.15) is 5.82 Å². The highest BCUT2D eigenvalue weighted by Crippen LogP contribution is 2.24. The second kappa shape index (κ2) is 9.00. The summed E-state index contributed by atoms with van der Waals surface area (Å²) in [6.07, 6.45) is 4.60. The van der Waals surface area contributed by atoms with E-state index in [2.05, 4.69) is 10.2 Å². The number of halogens is 1. The zero-order valence-electron chi connectivity index (χ0n) is 13.0. The van der Waals surface area contributed by atoms with Gasteiger partial charge in [0.05, 0.1) is 5.69 Å². The summed E-state index contributed by atoms with van der Waals surface area (Å²) in [6, 6.07) is 5.47. The maximum atomic E-state index is 14.0. The van der Waals surface area contributed by atoms with Crippen molar-refractivity contribution in [3.63, 3.8) is 0 Å². The molecule has 1 aromatic rings. The van der Waals surface area contributed by atoms with Crippen molar-refractivity contribution in [3.8, 4) is 0 Å². The number of hydrogen-bond donors (Lipinski definition) is 1. The molecule has 0 bridgehead atoms. The third-order valence-corrected chi connectivity index (χ3v) is 3.88. The summed E-state index contributed by atoms with van der Waals surface area (Å²) in [7, 11) is 0. The molecule has 0 unspecified atom stereocenters. The van der Waals surface area contributed by atoms with E-state index in [9.17, 15) is 4.39 Å². The number of nitrogens with zero attached hydrogens (tertiary/aromatic N) is 1. The van der Waals surface area contributed by atoms with E-state index in [4.69, 9.17) is 4.74 Å². The molecule has 1 fully saturated rings. The first-order valence-corrected chi connectivity index (χ1v) is 8.13. The van der Waals surface area contributed by atoms with Crippen LogP contribution in [-0.4, -0.2) is 32.8 Å². The van der Waals surface area contributed by atoms with Crippen LogP contribution in [0.5, 0.6) is 0 Å². The third kappa shape index (κ3) is 5.29. The van der Waals surface area contributed by atoms with Crippen molar-refractivity contribution in [1.82, 2.24) is 5.32 Å². The van der Waals surface area contributed by atoms with Crippen LogP contribution in [0.4, 0.5) is 10.1 Å². The van der Waals surface area contributed by atoms with Gasteiger partial charge >= 0.3 is 0 Å².